The summed E-state index contributed by atoms with van der Waals surface area (Å²) in [5.74, 6) is 0. The van der Waals surface area contributed by atoms with Gasteiger partial charge in [-0.05, 0) is 0 Å². The third-order valence-electron chi connectivity index (χ3n) is 1.75. The van der Waals surface area contributed by atoms with Crippen LogP contribution in [0.1, 0.15) is 0 Å². The maximum atomic E-state index is 11.3. The van der Waals surface area contributed by atoms with Gasteiger partial charge in [0.15, 0.2) is 0 Å². The van der Waals surface area contributed by atoms with Gasteiger partial charge in [-0.15, -0.1) is 0 Å². The molecule has 0 aliphatic carbocycles. The Labute approximate surface area is 262 Å². The Morgan fingerprint density at radius 1 is 0.400 bits per heavy atom. The first kappa shape index (κ1) is 55.0. The zero-order chi connectivity index (χ0) is 37.1. The summed E-state index contributed by atoms with van der Waals surface area (Å²) in [6, 6.07) is 0. The van der Waals surface area contributed by atoms with E-state index in [4.69, 9.17) is 18.2 Å². The SMILES string of the molecule is O=P([O-])(OS(=O)(=O)O)C(F)F.O=P([O-])(OS(=O)(=O)O)C(F)F.O=P([O-])(OS(=O)(=O)O)C(F)F.O=P([O-])(OS(=O)(=O)O)C(F)F.[Zr+4]. The van der Waals surface area contributed by atoms with Crippen molar-refractivity contribution in [2.45, 2.75) is 24.7 Å². The fourth-order valence-electron chi connectivity index (χ4n) is 0.655. The van der Waals surface area contributed by atoms with Crippen LogP contribution in [0.15, 0.2) is 0 Å². The second-order valence-corrected chi connectivity index (χ2v) is 17.0. The Bertz CT molecular complexity index is 1310. The zero-order valence-electron chi connectivity index (χ0n) is 19.2. The van der Waals surface area contributed by atoms with Crippen LogP contribution in [0.4, 0.5) is 35.1 Å². The summed E-state index contributed by atoms with van der Waals surface area (Å²) in [5, 5.41) is 0. The van der Waals surface area contributed by atoms with E-state index in [0.717, 1.165) is 0 Å². The molecule has 4 N–H and O–H groups in total. The van der Waals surface area contributed by atoms with Crippen LogP contribution in [0, 0.1) is 0 Å². The molecule has 0 spiro atoms. The summed E-state index contributed by atoms with van der Waals surface area (Å²) in [6.07, 6.45) is -15.9. The van der Waals surface area contributed by atoms with Crippen LogP contribution in [-0.2, 0) is 102 Å². The second kappa shape index (κ2) is 20.3. The quantitative estimate of drug-likeness (QED) is 0.0965. The van der Waals surface area contributed by atoms with E-state index in [1.807, 2.05) is 0 Å². The Morgan fingerprint density at radius 3 is 0.511 bits per heavy atom. The van der Waals surface area contributed by atoms with Crippen molar-refractivity contribution in [1.29, 1.82) is 0 Å². The number of rotatable bonds is 12. The largest absolute Gasteiger partial charge is 4.00 e. The van der Waals surface area contributed by atoms with Crippen molar-refractivity contribution in [2.75, 3.05) is 0 Å². The minimum Gasteiger partial charge on any atom is -0.774 e. The molecule has 0 bridgehead atoms. The molecule has 24 nitrogen and oxygen atoms in total. The average molecular weight is 935 g/mol. The van der Waals surface area contributed by atoms with Gasteiger partial charge < -0.3 is 37.8 Å². The van der Waals surface area contributed by atoms with Crippen molar-refractivity contribution >= 4 is 72.0 Å². The number of hydrogen-bond donors (Lipinski definition) is 4. The van der Waals surface area contributed by atoms with Gasteiger partial charge in [-0.25, -0.2) is 35.1 Å². The predicted octanol–water partition coefficient (Wildman–Crippen LogP) is -1.68. The molecule has 0 saturated heterocycles. The average Bonchev–Trinajstić information content (AvgIpc) is 2.61. The minimum atomic E-state index is -5.81. The first-order valence-corrected chi connectivity index (χ1v) is 19.6. The van der Waals surface area contributed by atoms with Crippen molar-refractivity contribution in [3.63, 3.8) is 0 Å². The molecule has 0 fully saturated rings. The van der Waals surface area contributed by atoms with Gasteiger partial charge in [0, 0.05) is 0 Å². The molecule has 4 unspecified atom stereocenters. The topological polar surface area (TPSA) is 415 Å². The fourth-order valence-corrected chi connectivity index (χ4v) is 5.90. The van der Waals surface area contributed by atoms with E-state index in [-0.39, 0.29) is 26.2 Å². The van der Waals surface area contributed by atoms with E-state index >= 15 is 0 Å². The maximum absolute atomic E-state index is 11.3. The Balaban J connectivity index is -0.000000157. The summed E-state index contributed by atoms with van der Waals surface area (Å²) in [4.78, 5) is 39.4. The fraction of sp³-hybridized carbons (Fsp3) is 1.00. The molecule has 0 aliphatic rings. The molecule has 41 heteroatoms. The summed E-state index contributed by atoms with van der Waals surface area (Å²) >= 11 is 0. The van der Waals surface area contributed by atoms with Gasteiger partial charge in [0.05, 0.1) is 0 Å². The Hall–Kier alpha value is 0.563. The minimum absolute atomic E-state index is 0. The molecule has 272 valence electrons. The van der Waals surface area contributed by atoms with Crippen LogP contribution in [0.25, 0.3) is 0 Å². The molecule has 0 saturated carbocycles. The third-order valence-corrected chi connectivity index (χ3v) is 10.00. The molecule has 0 aliphatic heterocycles. The second-order valence-electron chi connectivity index (χ2n) is 5.28. The summed E-state index contributed by atoms with van der Waals surface area (Å²) in [6.45, 7) is 0. The number of halogens is 8. The van der Waals surface area contributed by atoms with Gasteiger partial charge >= 0.3 is 92.5 Å². The third kappa shape index (κ3) is 34.2. The van der Waals surface area contributed by atoms with Crippen molar-refractivity contribution in [3.05, 3.63) is 0 Å². The predicted molar refractivity (Wildman–Crippen MR) is 105 cm³/mol. The molecule has 0 radical (unpaired) electrons. The van der Waals surface area contributed by atoms with E-state index < -0.39 is 96.6 Å². The normalized spacial score (nSPS) is 17.9. The summed E-state index contributed by atoms with van der Waals surface area (Å²) < 4.78 is 247. The first-order valence-electron chi connectivity index (χ1n) is 7.70. The van der Waals surface area contributed by atoms with Crippen molar-refractivity contribution in [3.8, 4) is 0 Å². The zero-order valence-corrected chi connectivity index (χ0v) is 28.5. The number of alkyl halides is 8. The molecular weight excluding hydrogens is 927 g/mol. The van der Waals surface area contributed by atoms with Crippen LogP contribution in [0.2, 0.25) is 0 Å². The summed E-state index contributed by atoms with van der Waals surface area (Å²) in [5.41, 5.74) is 0. The van der Waals surface area contributed by atoms with E-state index in [0.29, 0.717) is 0 Å². The van der Waals surface area contributed by atoms with E-state index in [2.05, 4.69) is 15.9 Å². The van der Waals surface area contributed by atoms with Crippen LogP contribution in [0.3, 0.4) is 0 Å². The summed E-state index contributed by atoms with van der Waals surface area (Å²) in [7, 11) is -44.8. The van der Waals surface area contributed by atoms with Gasteiger partial charge in [0.1, 0.15) is 0 Å². The molecule has 4 atom stereocenters. The van der Waals surface area contributed by atoms with Crippen molar-refractivity contribution in [2.24, 2.45) is 0 Å². The van der Waals surface area contributed by atoms with Crippen molar-refractivity contribution < 1.29 is 167 Å². The molecule has 0 aromatic heterocycles. The van der Waals surface area contributed by atoms with E-state index in [9.17, 15) is 107 Å². The molecule has 0 aromatic rings. The smallest absolute Gasteiger partial charge is 0.774 e. The van der Waals surface area contributed by atoms with Crippen molar-refractivity contribution in [1.82, 2.24) is 0 Å². The van der Waals surface area contributed by atoms with Gasteiger partial charge in [0.2, 0.25) is 30.4 Å². The number of hydrogen-bond acceptors (Lipinski definition) is 20. The van der Waals surface area contributed by atoms with Gasteiger partial charge in [-0.3, -0.25) is 18.2 Å². The Kier molecular flexibility index (Phi) is 24.8. The molecule has 0 heterocycles. The van der Waals surface area contributed by atoms with Gasteiger partial charge in [-0.2, -0.15) is 49.6 Å². The van der Waals surface area contributed by atoms with Crippen LogP contribution < -0.4 is 19.6 Å². The van der Waals surface area contributed by atoms with E-state index in [1.165, 1.54) is 0 Å². The molecule has 0 amide bonds. The molecule has 45 heavy (non-hydrogen) atoms. The maximum Gasteiger partial charge on any atom is 4.00 e. The molecule has 0 rings (SSSR count). The van der Waals surface area contributed by atoms with Crippen LogP contribution >= 0.6 is 30.4 Å². The molecule has 0 aromatic carbocycles. The Morgan fingerprint density at radius 2 is 0.489 bits per heavy atom. The standard InChI is InChI=1S/4CH3F2O6PS.Zr/c4*2-1(3)10(4,5)9-11(6,7)8;/h4*1H,(H,4,5)(H,6,7,8);/q;;;;+4/p-4. The molecular formula is C4H8F8O24P4S4Zr. The first-order chi connectivity index (χ1) is 18.6. The van der Waals surface area contributed by atoms with E-state index in [1.54, 1.807) is 0 Å². The van der Waals surface area contributed by atoms with Crippen LogP contribution in [0.5, 0.6) is 0 Å². The van der Waals surface area contributed by atoms with Gasteiger partial charge in [-0.1, -0.05) is 0 Å². The van der Waals surface area contributed by atoms with Gasteiger partial charge in [0.25, 0.3) is 0 Å². The van der Waals surface area contributed by atoms with Crippen LogP contribution in [-0.4, -0.2) is 76.5 Å². The monoisotopic (exact) mass is 934 g/mol.